The number of halogens is 2. The zero-order valence-corrected chi connectivity index (χ0v) is 14.5. The molecule has 2 heterocycles. The Bertz CT molecular complexity index is 726. The van der Waals surface area contributed by atoms with Crippen molar-refractivity contribution >= 4 is 5.69 Å². The van der Waals surface area contributed by atoms with Crippen LogP contribution in [0.3, 0.4) is 0 Å². The molecule has 0 bridgehead atoms. The Morgan fingerprint density at radius 2 is 2.08 bits per heavy atom. The smallest absolute Gasteiger partial charge is 0.159 e. The maximum Gasteiger partial charge on any atom is 0.159 e. The van der Waals surface area contributed by atoms with Crippen LogP contribution in [0.5, 0.6) is 5.75 Å². The van der Waals surface area contributed by atoms with Crippen LogP contribution in [0.2, 0.25) is 0 Å². The molecule has 2 aromatic rings. The molecule has 2 atom stereocenters. The maximum atomic E-state index is 13.2. The van der Waals surface area contributed by atoms with Crippen LogP contribution < -0.4 is 15.0 Å². The fourth-order valence-corrected chi connectivity index (χ4v) is 3.16. The van der Waals surface area contributed by atoms with E-state index in [0.717, 1.165) is 30.9 Å². The van der Waals surface area contributed by atoms with Crippen molar-refractivity contribution in [2.24, 2.45) is 5.92 Å². The summed E-state index contributed by atoms with van der Waals surface area (Å²) in [6, 6.07) is 6.25. The largest absolute Gasteiger partial charge is 0.487 e. The van der Waals surface area contributed by atoms with Gasteiger partial charge in [0.05, 0.1) is 18.1 Å². The van der Waals surface area contributed by atoms with Gasteiger partial charge in [-0.25, -0.2) is 8.78 Å². The van der Waals surface area contributed by atoms with Gasteiger partial charge < -0.3 is 15.0 Å². The molecule has 0 aliphatic carbocycles. The van der Waals surface area contributed by atoms with E-state index in [1.807, 2.05) is 13.1 Å². The van der Waals surface area contributed by atoms with Crippen LogP contribution >= 0.6 is 0 Å². The number of anilines is 1. The molecule has 1 aromatic carbocycles. The second-order valence-electron chi connectivity index (χ2n) is 6.71. The number of nitrogens with one attached hydrogen (secondary N) is 1. The van der Waals surface area contributed by atoms with Crippen LogP contribution in [-0.4, -0.2) is 31.2 Å². The van der Waals surface area contributed by atoms with Crippen molar-refractivity contribution in [1.29, 1.82) is 0 Å². The predicted molar refractivity (Wildman–Crippen MR) is 93.8 cm³/mol. The number of hydrogen-bond donors (Lipinski definition) is 1. The molecule has 2 unspecified atom stereocenters. The molecule has 1 aliphatic rings. The highest BCUT2D eigenvalue weighted by Crippen LogP contribution is 2.22. The Hall–Kier alpha value is -2.21. The van der Waals surface area contributed by atoms with Gasteiger partial charge in [-0.15, -0.1) is 0 Å². The van der Waals surface area contributed by atoms with Gasteiger partial charge in [0.15, 0.2) is 11.6 Å². The van der Waals surface area contributed by atoms with Crippen LogP contribution in [-0.2, 0) is 6.61 Å². The molecule has 0 saturated carbocycles. The third-order valence-corrected chi connectivity index (χ3v) is 4.50. The van der Waals surface area contributed by atoms with Crippen molar-refractivity contribution in [3.8, 4) is 5.75 Å². The Morgan fingerprint density at radius 1 is 1.24 bits per heavy atom. The molecule has 0 radical (unpaired) electrons. The zero-order valence-electron chi connectivity index (χ0n) is 14.5. The lowest BCUT2D eigenvalue weighted by Gasteiger charge is -2.23. The summed E-state index contributed by atoms with van der Waals surface area (Å²) in [6.07, 6.45) is 4.59. The lowest BCUT2D eigenvalue weighted by atomic mass is 10.1. The van der Waals surface area contributed by atoms with Crippen LogP contribution in [0, 0.1) is 17.6 Å². The van der Waals surface area contributed by atoms with Gasteiger partial charge in [0.2, 0.25) is 0 Å². The van der Waals surface area contributed by atoms with E-state index in [0.29, 0.717) is 23.3 Å². The summed E-state index contributed by atoms with van der Waals surface area (Å²) in [5, 5.41) is 3.46. The molecule has 3 rings (SSSR count). The van der Waals surface area contributed by atoms with E-state index in [4.69, 9.17) is 4.74 Å². The molecule has 1 N–H and O–H groups in total. The molecular formula is C19H23F2N3O. The van der Waals surface area contributed by atoms with Crippen LogP contribution in [0.4, 0.5) is 14.5 Å². The minimum Gasteiger partial charge on any atom is -0.487 e. The fraction of sp³-hybridized carbons (Fsp3) is 0.421. The first kappa shape index (κ1) is 17.6. The van der Waals surface area contributed by atoms with Crippen LogP contribution in [0.15, 0.2) is 36.7 Å². The number of hydrogen-bond acceptors (Lipinski definition) is 4. The van der Waals surface area contributed by atoms with Crippen LogP contribution in [0.1, 0.15) is 18.9 Å². The Morgan fingerprint density at radius 3 is 2.80 bits per heavy atom. The lowest BCUT2D eigenvalue weighted by Crippen LogP contribution is -2.26. The number of ether oxygens (including phenoxy) is 1. The summed E-state index contributed by atoms with van der Waals surface area (Å²) in [5.41, 5.74) is 1.55. The van der Waals surface area contributed by atoms with Gasteiger partial charge in [-0.3, -0.25) is 4.98 Å². The highest BCUT2D eigenvalue weighted by atomic mass is 19.2. The van der Waals surface area contributed by atoms with Crippen molar-refractivity contribution in [2.75, 3.05) is 25.0 Å². The predicted octanol–water partition coefficient (Wildman–Crippen LogP) is 3.37. The monoisotopic (exact) mass is 347 g/mol. The molecule has 25 heavy (non-hydrogen) atoms. The van der Waals surface area contributed by atoms with Gasteiger partial charge in [0.25, 0.3) is 0 Å². The highest BCUT2D eigenvalue weighted by molar-refractivity contribution is 5.47. The van der Waals surface area contributed by atoms with Gasteiger partial charge in [-0.2, -0.15) is 0 Å². The molecule has 1 aliphatic heterocycles. The summed E-state index contributed by atoms with van der Waals surface area (Å²) < 4.78 is 31.9. The second-order valence-corrected chi connectivity index (χ2v) is 6.71. The number of nitrogens with zero attached hydrogens (tertiary/aromatic N) is 2. The van der Waals surface area contributed by atoms with Gasteiger partial charge in [-0.05, 0) is 43.5 Å². The fourth-order valence-electron chi connectivity index (χ4n) is 3.16. The van der Waals surface area contributed by atoms with E-state index >= 15 is 0 Å². The van der Waals surface area contributed by atoms with E-state index in [2.05, 4.69) is 22.1 Å². The minimum atomic E-state index is -0.868. The van der Waals surface area contributed by atoms with Gasteiger partial charge in [0.1, 0.15) is 12.4 Å². The highest BCUT2D eigenvalue weighted by Gasteiger charge is 2.22. The number of aromatic nitrogens is 1. The van der Waals surface area contributed by atoms with E-state index in [9.17, 15) is 8.78 Å². The summed E-state index contributed by atoms with van der Waals surface area (Å²) >= 11 is 0. The Balaban J connectivity index is 1.59. The molecule has 0 spiro atoms. The molecule has 1 aromatic heterocycles. The number of pyridine rings is 1. The SMILES string of the molecule is CC1CC(CN(C)c2cncc(OCc3ccc(F)c(F)c3)c2)CN1. The zero-order chi connectivity index (χ0) is 17.8. The summed E-state index contributed by atoms with van der Waals surface area (Å²) in [4.78, 5) is 6.39. The number of benzene rings is 1. The normalized spacial score (nSPS) is 19.8. The molecule has 6 heteroatoms. The molecule has 0 amide bonds. The third kappa shape index (κ3) is 4.66. The summed E-state index contributed by atoms with van der Waals surface area (Å²) in [6.45, 7) is 4.35. The van der Waals surface area contributed by atoms with Crippen molar-refractivity contribution < 1.29 is 13.5 Å². The summed E-state index contributed by atoms with van der Waals surface area (Å²) in [5.74, 6) is -0.504. The van der Waals surface area contributed by atoms with Gasteiger partial charge in [-0.1, -0.05) is 6.07 Å². The van der Waals surface area contributed by atoms with Gasteiger partial charge >= 0.3 is 0 Å². The minimum absolute atomic E-state index is 0.163. The Labute approximate surface area is 146 Å². The second kappa shape index (κ2) is 7.78. The standard InChI is InChI=1S/C19H23F2N3O/c1-13-5-15(8-23-13)11-24(2)16-7-17(10-22-9-16)25-12-14-3-4-18(20)19(21)6-14/h3-4,6-7,9-10,13,15,23H,5,8,11-12H2,1-2H3. The lowest BCUT2D eigenvalue weighted by molar-refractivity contribution is 0.304. The third-order valence-electron chi connectivity index (χ3n) is 4.50. The first-order chi connectivity index (χ1) is 12.0. The molecule has 1 fully saturated rings. The first-order valence-corrected chi connectivity index (χ1v) is 8.47. The average molecular weight is 347 g/mol. The maximum absolute atomic E-state index is 13.2. The number of rotatable bonds is 6. The molecule has 134 valence electrons. The van der Waals surface area contributed by atoms with Crippen molar-refractivity contribution in [2.45, 2.75) is 26.0 Å². The van der Waals surface area contributed by atoms with E-state index in [1.54, 1.807) is 12.4 Å². The average Bonchev–Trinajstić information content (AvgIpc) is 3.01. The van der Waals surface area contributed by atoms with Gasteiger partial charge in [0, 0.05) is 25.7 Å². The molecule has 4 nitrogen and oxygen atoms in total. The molecule has 1 saturated heterocycles. The first-order valence-electron chi connectivity index (χ1n) is 8.47. The van der Waals surface area contributed by atoms with Crippen molar-refractivity contribution in [3.63, 3.8) is 0 Å². The van der Waals surface area contributed by atoms with Crippen molar-refractivity contribution in [1.82, 2.24) is 10.3 Å². The van der Waals surface area contributed by atoms with E-state index < -0.39 is 11.6 Å². The molecular weight excluding hydrogens is 324 g/mol. The quantitative estimate of drug-likeness (QED) is 0.869. The van der Waals surface area contributed by atoms with Crippen molar-refractivity contribution in [3.05, 3.63) is 53.9 Å². The topological polar surface area (TPSA) is 37.4 Å². The van der Waals surface area contributed by atoms with E-state index in [-0.39, 0.29) is 6.61 Å². The van der Waals surface area contributed by atoms with Crippen LogP contribution in [0.25, 0.3) is 0 Å². The Kier molecular flexibility index (Phi) is 5.48. The van der Waals surface area contributed by atoms with E-state index in [1.165, 1.54) is 12.5 Å². The summed E-state index contributed by atoms with van der Waals surface area (Å²) in [7, 11) is 2.04.